The number of sulfone groups is 1. The van der Waals surface area contributed by atoms with Crippen molar-refractivity contribution in [2.75, 3.05) is 38.7 Å². The average molecular weight is 434 g/mol. The van der Waals surface area contributed by atoms with Crippen molar-refractivity contribution >= 4 is 43.4 Å². The topological polar surface area (TPSA) is 99.2 Å². The lowest BCUT2D eigenvalue weighted by molar-refractivity contribution is -0.140. The van der Waals surface area contributed by atoms with Gasteiger partial charge in [0.25, 0.3) is 0 Å². The molecular formula is C15H16BrNO7S. The number of carbonyl (C=O) groups is 2. The summed E-state index contributed by atoms with van der Waals surface area (Å²) in [5.41, 5.74) is 0.432. The van der Waals surface area contributed by atoms with E-state index in [4.69, 9.17) is 14.2 Å². The number of nitrogens with zero attached hydrogens (tertiary/aromatic N) is 1. The summed E-state index contributed by atoms with van der Waals surface area (Å²) in [4.78, 5) is 25.7. The van der Waals surface area contributed by atoms with Gasteiger partial charge >= 0.3 is 11.9 Å². The second-order valence-corrected chi connectivity index (χ2v) is 7.97. The molecule has 0 fully saturated rings. The van der Waals surface area contributed by atoms with Crippen LogP contribution < -0.4 is 4.90 Å². The van der Waals surface area contributed by atoms with E-state index in [1.165, 1.54) is 37.3 Å². The van der Waals surface area contributed by atoms with Gasteiger partial charge in [-0.05, 0) is 34.1 Å². The second-order valence-electron chi connectivity index (χ2n) is 5.10. The quantitative estimate of drug-likeness (QED) is 0.653. The van der Waals surface area contributed by atoms with Gasteiger partial charge in [-0.25, -0.2) is 18.0 Å². The molecule has 1 aliphatic heterocycles. The van der Waals surface area contributed by atoms with Gasteiger partial charge in [0.2, 0.25) is 0 Å². The van der Waals surface area contributed by atoms with Crippen LogP contribution in [0.5, 0.6) is 0 Å². The summed E-state index contributed by atoms with van der Waals surface area (Å²) in [7, 11) is -1.00. The molecule has 0 saturated heterocycles. The Morgan fingerprint density at radius 3 is 2.36 bits per heavy atom. The van der Waals surface area contributed by atoms with Crippen LogP contribution in [0.4, 0.5) is 5.69 Å². The molecule has 1 heterocycles. The fraction of sp³-hybridized carbons (Fsp3) is 0.333. The van der Waals surface area contributed by atoms with Crippen molar-refractivity contribution < 1.29 is 32.2 Å². The Labute approximate surface area is 153 Å². The maximum atomic E-state index is 12.2. The van der Waals surface area contributed by atoms with E-state index in [0.29, 0.717) is 10.2 Å². The lowest BCUT2D eigenvalue weighted by Crippen LogP contribution is -2.39. The molecule has 0 unspecified atom stereocenters. The molecule has 1 aromatic rings. The highest BCUT2D eigenvalue weighted by Crippen LogP contribution is 2.34. The van der Waals surface area contributed by atoms with Gasteiger partial charge in [0.05, 0.1) is 37.0 Å². The highest BCUT2D eigenvalue weighted by Gasteiger charge is 2.33. The Balaban J connectivity index is 2.60. The largest absolute Gasteiger partial charge is 0.466 e. The summed E-state index contributed by atoms with van der Waals surface area (Å²) in [5.74, 6) is -1.45. The molecule has 0 atom stereocenters. The minimum Gasteiger partial charge on any atom is -0.466 e. The van der Waals surface area contributed by atoms with E-state index in [-0.39, 0.29) is 29.5 Å². The van der Waals surface area contributed by atoms with Crippen LogP contribution in [0.3, 0.4) is 0 Å². The number of ether oxygens (including phenoxy) is 3. The summed E-state index contributed by atoms with van der Waals surface area (Å²) in [6, 6.07) is 4.32. The summed E-state index contributed by atoms with van der Waals surface area (Å²) < 4.78 is 38.6. The third-order valence-corrected chi connectivity index (χ3v) is 5.22. The maximum absolute atomic E-state index is 12.2. The summed E-state index contributed by atoms with van der Waals surface area (Å²) in [5, 5.41) is 0. The summed E-state index contributed by atoms with van der Waals surface area (Å²) in [6.07, 6.45) is 1.09. The number of benzene rings is 1. The fourth-order valence-electron chi connectivity index (χ4n) is 2.27. The van der Waals surface area contributed by atoms with Crippen molar-refractivity contribution in [2.24, 2.45) is 0 Å². The smallest absolute Gasteiger partial charge is 0.355 e. The molecule has 8 nitrogen and oxygen atoms in total. The van der Waals surface area contributed by atoms with Crippen LogP contribution in [0.25, 0.3) is 0 Å². The lowest BCUT2D eigenvalue weighted by Gasteiger charge is -2.32. The van der Waals surface area contributed by atoms with Crippen LogP contribution in [0.15, 0.2) is 38.8 Å². The predicted octanol–water partition coefficient (Wildman–Crippen LogP) is 1.25. The molecule has 0 bridgehead atoms. The van der Waals surface area contributed by atoms with E-state index >= 15 is 0 Å². The van der Waals surface area contributed by atoms with Crippen LogP contribution in [0.1, 0.15) is 0 Å². The van der Waals surface area contributed by atoms with Gasteiger partial charge in [-0.1, -0.05) is 0 Å². The minimum atomic E-state index is -3.39. The summed E-state index contributed by atoms with van der Waals surface area (Å²) >= 11 is 3.30. The predicted molar refractivity (Wildman–Crippen MR) is 91.6 cm³/mol. The second kappa shape index (κ2) is 7.54. The van der Waals surface area contributed by atoms with Crippen LogP contribution >= 0.6 is 15.9 Å². The molecule has 0 radical (unpaired) electrons. The zero-order chi connectivity index (χ0) is 18.8. The monoisotopic (exact) mass is 433 g/mol. The Bertz CT molecular complexity index is 847. The Morgan fingerprint density at radius 2 is 1.84 bits per heavy atom. The van der Waals surface area contributed by atoms with E-state index in [1.807, 2.05) is 0 Å². The molecule has 10 heteroatoms. The molecule has 0 N–H and O–H groups in total. The minimum absolute atomic E-state index is 0.0136. The van der Waals surface area contributed by atoms with Gasteiger partial charge < -0.3 is 19.1 Å². The van der Waals surface area contributed by atoms with Crippen molar-refractivity contribution in [1.29, 1.82) is 0 Å². The molecule has 136 valence electrons. The zero-order valence-electron chi connectivity index (χ0n) is 13.7. The number of methoxy groups -OCH3 is 2. The number of esters is 2. The van der Waals surface area contributed by atoms with Crippen molar-refractivity contribution in [2.45, 2.75) is 4.90 Å². The highest BCUT2D eigenvalue weighted by molar-refractivity contribution is 9.10. The van der Waals surface area contributed by atoms with Gasteiger partial charge in [-0.15, -0.1) is 0 Å². The first kappa shape index (κ1) is 19.4. The molecule has 0 aromatic heterocycles. The Morgan fingerprint density at radius 1 is 1.20 bits per heavy atom. The van der Waals surface area contributed by atoms with E-state index in [9.17, 15) is 18.0 Å². The number of anilines is 1. The first-order valence-corrected chi connectivity index (χ1v) is 9.63. The average Bonchev–Trinajstić information content (AvgIpc) is 2.58. The number of halogens is 1. The summed E-state index contributed by atoms with van der Waals surface area (Å²) in [6.45, 7) is -0.131. The third-order valence-electron chi connectivity index (χ3n) is 3.47. The van der Waals surface area contributed by atoms with Crippen molar-refractivity contribution in [3.63, 3.8) is 0 Å². The standard InChI is InChI=1S/C15H16BrNO7S/c1-22-14(18)10-7-24-8-17(13(10)15(19)23-2)12-5-4-9(6-11(12)16)25(3,20)21/h4-6H,7-8H2,1-3H3. The number of hydrogen-bond donors (Lipinski definition) is 0. The fourth-order valence-corrected chi connectivity index (χ4v) is 3.66. The van der Waals surface area contributed by atoms with Crippen LogP contribution in [-0.4, -0.2) is 54.2 Å². The van der Waals surface area contributed by atoms with E-state index in [1.54, 1.807) is 0 Å². The molecular weight excluding hydrogens is 418 g/mol. The normalized spacial score (nSPS) is 15.1. The first-order valence-electron chi connectivity index (χ1n) is 6.95. The van der Waals surface area contributed by atoms with Gasteiger partial charge in [0.15, 0.2) is 9.84 Å². The number of rotatable bonds is 4. The van der Waals surface area contributed by atoms with E-state index in [2.05, 4.69) is 15.9 Å². The van der Waals surface area contributed by atoms with Gasteiger partial charge in [-0.2, -0.15) is 0 Å². The zero-order valence-corrected chi connectivity index (χ0v) is 16.1. The Hall–Kier alpha value is -1.91. The molecule has 0 aliphatic carbocycles. The molecule has 0 spiro atoms. The molecule has 0 amide bonds. The number of hydrogen-bond acceptors (Lipinski definition) is 8. The maximum Gasteiger partial charge on any atom is 0.355 e. The van der Waals surface area contributed by atoms with E-state index < -0.39 is 21.8 Å². The van der Waals surface area contributed by atoms with Gasteiger partial charge in [-0.3, -0.25) is 0 Å². The SMILES string of the molecule is COC(=O)C1=C(C(=O)OC)N(c2ccc(S(C)(=O)=O)cc2Br)COC1. The van der Waals surface area contributed by atoms with Crippen LogP contribution in [0.2, 0.25) is 0 Å². The lowest BCUT2D eigenvalue weighted by atomic mass is 10.1. The first-order chi connectivity index (χ1) is 11.7. The van der Waals surface area contributed by atoms with Crippen molar-refractivity contribution in [3.05, 3.63) is 33.9 Å². The molecule has 2 rings (SSSR count). The van der Waals surface area contributed by atoms with Gasteiger partial charge in [0.1, 0.15) is 12.4 Å². The van der Waals surface area contributed by atoms with Gasteiger partial charge in [0, 0.05) is 10.7 Å². The van der Waals surface area contributed by atoms with Crippen LogP contribution in [-0.2, 0) is 33.6 Å². The highest BCUT2D eigenvalue weighted by atomic mass is 79.9. The van der Waals surface area contributed by atoms with Crippen molar-refractivity contribution in [3.8, 4) is 0 Å². The molecule has 0 saturated carbocycles. The third kappa shape index (κ3) is 4.02. The molecule has 25 heavy (non-hydrogen) atoms. The molecule has 1 aromatic carbocycles. The van der Waals surface area contributed by atoms with E-state index in [0.717, 1.165) is 6.26 Å². The van der Waals surface area contributed by atoms with Crippen molar-refractivity contribution in [1.82, 2.24) is 0 Å². The molecule has 1 aliphatic rings. The number of carbonyl (C=O) groups excluding carboxylic acids is 2. The van der Waals surface area contributed by atoms with Crippen LogP contribution in [0, 0.1) is 0 Å². The Kier molecular flexibility index (Phi) is 5.86.